The molecule has 0 fully saturated rings. The van der Waals surface area contributed by atoms with E-state index in [2.05, 4.69) is 42.8 Å². The normalized spacial score (nSPS) is 13.5. The molecule has 0 bridgehead atoms. The molecule has 0 aliphatic carbocycles. The molecule has 2 amide bonds. The number of hydrazine groups is 1. The van der Waals surface area contributed by atoms with Crippen molar-refractivity contribution in [3.63, 3.8) is 0 Å². The Hall–Kier alpha value is -4.84. The molecular weight excluding hydrogens is 445 g/mol. The molecule has 0 atom stereocenters. The number of nitrogens with one attached hydrogen (secondary N) is 3. The maximum absolute atomic E-state index is 13.2. The minimum absolute atomic E-state index is 0.303. The Bertz CT molecular complexity index is 1340. The zero-order valence-corrected chi connectivity index (χ0v) is 18.7. The highest BCUT2D eigenvalue weighted by Gasteiger charge is 2.22. The van der Waals surface area contributed by atoms with Gasteiger partial charge >= 0.3 is 6.03 Å². The van der Waals surface area contributed by atoms with Crippen LogP contribution in [0.3, 0.4) is 0 Å². The van der Waals surface area contributed by atoms with Crippen molar-refractivity contribution in [1.29, 1.82) is 0 Å². The second-order valence-electron chi connectivity index (χ2n) is 7.89. The van der Waals surface area contributed by atoms with Gasteiger partial charge in [0.05, 0.1) is 0 Å². The monoisotopic (exact) mass is 467 g/mol. The summed E-state index contributed by atoms with van der Waals surface area (Å²) in [6.07, 6.45) is 7.02. The molecule has 1 aromatic heterocycles. The largest absolute Gasteiger partial charge is 0.353 e. The summed E-state index contributed by atoms with van der Waals surface area (Å²) in [5, 5.41) is 7.66. The topological polar surface area (TPSA) is 84.9 Å². The number of amides is 2. The van der Waals surface area contributed by atoms with Gasteiger partial charge in [0.1, 0.15) is 18.8 Å². The van der Waals surface area contributed by atoms with E-state index in [-0.39, 0.29) is 11.8 Å². The van der Waals surface area contributed by atoms with E-state index in [0.29, 0.717) is 31.0 Å². The average Bonchev–Trinajstić information content (AvgIpc) is 3.47. The number of halogens is 1. The smallest absolute Gasteiger partial charge is 0.319 e. The first-order valence-electron chi connectivity index (χ1n) is 11.0. The number of pyridine rings is 1. The number of aromatic nitrogens is 1. The van der Waals surface area contributed by atoms with Crippen LogP contribution < -0.4 is 16.1 Å². The number of urea groups is 1. The Morgan fingerprint density at radius 3 is 2.71 bits per heavy atom. The van der Waals surface area contributed by atoms with Gasteiger partial charge in [0.15, 0.2) is 5.82 Å². The lowest BCUT2D eigenvalue weighted by Gasteiger charge is -2.19. The van der Waals surface area contributed by atoms with Crippen molar-refractivity contribution in [2.75, 3.05) is 25.1 Å². The Morgan fingerprint density at radius 2 is 1.91 bits per heavy atom. The lowest BCUT2D eigenvalue weighted by Crippen LogP contribution is -2.38. The van der Waals surface area contributed by atoms with E-state index in [1.165, 1.54) is 12.1 Å². The molecule has 8 nitrogen and oxygen atoms in total. The van der Waals surface area contributed by atoms with Crippen molar-refractivity contribution < 1.29 is 9.18 Å². The molecule has 0 spiro atoms. The Balaban J connectivity index is 1.27. The van der Waals surface area contributed by atoms with Crippen LogP contribution in [-0.2, 0) is 0 Å². The predicted molar refractivity (Wildman–Crippen MR) is 132 cm³/mol. The van der Waals surface area contributed by atoms with Crippen LogP contribution in [-0.4, -0.2) is 47.0 Å². The fourth-order valence-electron chi connectivity index (χ4n) is 3.71. The summed E-state index contributed by atoms with van der Waals surface area (Å²) in [6.45, 7) is 1.80. The zero-order valence-electron chi connectivity index (χ0n) is 18.7. The third-order valence-corrected chi connectivity index (χ3v) is 5.45. The number of hydrogen-bond donors (Lipinski definition) is 3. The molecule has 2 aromatic carbocycles. The Kier molecular flexibility index (Phi) is 6.26. The summed E-state index contributed by atoms with van der Waals surface area (Å²) in [5.74, 6) is 6.78. The summed E-state index contributed by atoms with van der Waals surface area (Å²) >= 11 is 0. The molecular formula is C26H22FN7O. The number of benzene rings is 2. The van der Waals surface area contributed by atoms with Gasteiger partial charge in [0.25, 0.3) is 0 Å². The fourth-order valence-corrected chi connectivity index (χ4v) is 3.71. The van der Waals surface area contributed by atoms with Gasteiger partial charge in [-0.2, -0.15) is 0 Å². The van der Waals surface area contributed by atoms with Gasteiger partial charge < -0.3 is 15.5 Å². The van der Waals surface area contributed by atoms with Crippen molar-refractivity contribution in [1.82, 2.24) is 25.6 Å². The van der Waals surface area contributed by atoms with E-state index in [4.69, 9.17) is 0 Å². The van der Waals surface area contributed by atoms with E-state index in [1.807, 2.05) is 41.5 Å². The van der Waals surface area contributed by atoms with E-state index >= 15 is 0 Å². The highest BCUT2D eigenvalue weighted by Crippen LogP contribution is 2.26. The second kappa shape index (κ2) is 9.97. The molecule has 0 radical (unpaired) electrons. The average molecular weight is 468 g/mol. The number of fused-ring (bicyclic) bond motifs is 1. The van der Waals surface area contributed by atoms with Crippen LogP contribution in [0.4, 0.5) is 14.9 Å². The van der Waals surface area contributed by atoms with Crippen molar-refractivity contribution >= 4 is 18.1 Å². The van der Waals surface area contributed by atoms with Crippen LogP contribution in [0.25, 0.3) is 11.1 Å². The molecule has 3 N–H and O–H groups in total. The van der Waals surface area contributed by atoms with Crippen LogP contribution in [0.2, 0.25) is 0 Å². The molecule has 5 rings (SSSR count). The van der Waals surface area contributed by atoms with Crippen LogP contribution >= 0.6 is 0 Å². The van der Waals surface area contributed by atoms with Gasteiger partial charge in [0, 0.05) is 48.5 Å². The van der Waals surface area contributed by atoms with Crippen LogP contribution in [0.1, 0.15) is 11.1 Å². The lowest BCUT2D eigenvalue weighted by atomic mass is 10.00. The molecule has 2 aliphatic rings. The third kappa shape index (κ3) is 5.39. The highest BCUT2D eigenvalue weighted by molar-refractivity contribution is 5.90. The molecule has 35 heavy (non-hydrogen) atoms. The number of carbonyl (C=O) groups is 1. The molecule has 9 heteroatoms. The highest BCUT2D eigenvalue weighted by atomic mass is 19.1. The van der Waals surface area contributed by atoms with Gasteiger partial charge in [-0.05, 0) is 59.7 Å². The molecule has 3 heterocycles. The summed E-state index contributed by atoms with van der Waals surface area (Å²) < 4.78 is 13.2. The van der Waals surface area contributed by atoms with Gasteiger partial charge in [-0.25, -0.2) is 19.2 Å². The van der Waals surface area contributed by atoms with Crippen LogP contribution in [0, 0.1) is 17.7 Å². The predicted octanol–water partition coefficient (Wildman–Crippen LogP) is 3.33. The first kappa shape index (κ1) is 22.0. The Morgan fingerprint density at radius 1 is 1.09 bits per heavy atom. The SMILES string of the molecule is O=C(NCCN1C=C2N=CNN2C1)Nc1ccc(-c2ccncc2)c(C#Cc2ccc(F)cc2)c1. The molecule has 0 unspecified atom stereocenters. The van der Waals surface area contributed by atoms with Crippen LogP contribution in [0.15, 0.2) is 84.0 Å². The number of carbonyl (C=O) groups excluding carboxylic acids is 1. The maximum Gasteiger partial charge on any atom is 0.319 e. The minimum Gasteiger partial charge on any atom is -0.353 e. The number of anilines is 1. The van der Waals surface area contributed by atoms with Gasteiger partial charge in [0.2, 0.25) is 0 Å². The van der Waals surface area contributed by atoms with Gasteiger partial charge in [-0.15, -0.1) is 0 Å². The van der Waals surface area contributed by atoms with Crippen LogP contribution in [0.5, 0.6) is 0 Å². The quantitative estimate of drug-likeness (QED) is 0.502. The van der Waals surface area contributed by atoms with E-state index in [9.17, 15) is 9.18 Å². The summed E-state index contributed by atoms with van der Waals surface area (Å²) in [6, 6.07) is 15.1. The molecule has 3 aromatic rings. The standard InChI is InChI=1S/C26H22FN7O/c27-22-5-2-19(3-6-22)1-4-21-15-23(7-8-24(21)20-9-11-28-12-10-20)32-26(35)29-13-14-33-16-25-30-17-31-34(25)18-33/h2-3,5-12,15-17H,13-14,18H2,(H,30,31)(H2,29,32,35). The molecule has 2 aliphatic heterocycles. The second-order valence-corrected chi connectivity index (χ2v) is 7.89. The summed E-state index contributed by atoms with van der Waals surface area (Å²) in [4.78, 5) is 22.8. The van der Waals surface area contributed by atoms with E-state index < -0.39 is 0 Å². The third-order valence-electron chi connectivity index (χ3n) is 5.45. The minimum atomic E-state index is -0.308. The molecule has 0 saturated carbocycles. The van der Waals surface area contributed by atoms with Crippen molar-refractivity contribution in [2.45, 2.75) is 0 Å². The lowest BCUT2D eigenvalue weighted by molar-refractivity contribution is 0.233. The van der Waals surface area contributed by atoms with Gasteiger partial charge in [-0.1, -0.05) is 17.9 Å². The number of hydrogen-bond acceptors (Lipinski definition) is 6. The van der Waals surface area contributed by atoms with Crippen molar-refractivity contribution in [3.8, 4) is 23.0 Å². The first-order valence-corrected chi connectivity index (χ1v) is 11.0. The number of nitrogens with zero attached hydrogens (tertiary/aromatic N) is 4. The number of aliphatic imine (C=N–C) groups is 1. The Labute approximate surface area is 202 Å². The summed E-state index contributed by atoms with van der Waals surface area (Å²) in [5.41, 5.74) is 6.94. The molecule has 0 saturated heterocycles. The van der Waals surface area contributed by atoms with Crippen molar-refractivity contribution in [3.05, 3.63) is 96.0 Å². The van der Waals surface area contributed by atoms with E-state index in [0.717, 1.165) is 22.5 Å². The fraction of sp³-hybridized carbons (Fsp3) is 0.115. The van der Waals surface area contributed by atoms with Gasteiger partial charge in [-0.3, -0.25) is 10.4 Å². The maximum atomic E-state index is 13.2. The first-order chi connectivity index (χ1) is 17.1. The summed E-state index contributed by atoms with van der Waals surface area (Å²) in [7, 11) is 0. The number of rotatable bonds is 5. The zero-order chi connectivity index (χ0) is 24.0. The molecule has 174 valence electrons. The van der Waals surface area contributed by atoms with E-state index in [1.54, 1.807) is 30.9 Å². The van der Waals surface area contributed by atoms with Crippen molar-refractivity contribution in [2.24, 2.45) is 4.99 Å².